The van der Waals surface area contributed by atoms with Crippen molar-refractivity contribution >= 4 is 5.69 Å². The van der Waals surface area contributed by atoms with Gasteiger partial charge in [-0.25, -0.2) is 0 Å². The molecule has 0 spiro atoms. The Bertz CT molecular complexity index is 281. The molecule has 0 heterocycles. The molecule has 0 bridgehead atoms. The van der Waals surface area contributed by atoms with E-state index in [9.17, 15) is 0 Å². The van der Waals surface area contributed by atoms with Crippen molar-refractivity contribution in [1.29, 1.82) is 0 Å². The molecule has 0 saturated heterocycles. The molecule has 0 aliphatic heterocycles. The second-order valence-electron chi connectivity index (χ2n) is 3.87. The highest BCUT2D eigenvalue weighted by atomic mass is 15.1. The SMILES string of the molecule is CC(C)N(C)c1ccccc1CCN. The highest BCUT2D eigenvalue weighted by Gasteiger charge is 2.08. The highest BCUT2D eigenvalue weighted by molar-refractivity contribution is 5.53. The maximum absolute atomic E-state index is 5.59. The van der Waals surface area contributed by atoms with Crippen molar-refractivity contribution in [2.45, 2.75) is 26.3 Å². The van der Waals surface area contributed by atoms with E-state index in [0.717, 1.165) is 6.42 Å². The summed E-state index contributed by atoms with van der Waals surface area (Å²) in [6, 6.07) is 8.98. The second kappa shape index (κ2) is 5.01. The molecule has 0 saturated carbocycles. The topological polar surface area (TPSA) is 29.3 Å². The Kier molecular flexibility index (Phi) is 3.96. The fraction of sp³-hybridized carbons (Fsp3) is 0.500. The van der Waals surface area contributed by atoms with E-state index in [2.05, 4.69) is 50.1 Å². The van der Waals surface area contributed by atoms with Crippen molar-refractivity contribution in [3.8, 4) is 0 Å². The molecule has 0 aliphatic carbocycles. The molecule has 78 valence electrons. The van der Waals surface area contributed by atoms with Crippen LogP contribution in [0.3, 0.4) is 0 Å². The van der Waals surface area contributed by atoms with Gasteiger partial charge in [-0.2, -0.15) is 0 Å². The molecule has 0 amide bonds. The molecule has 0 atom stereocenters. The molecule has 2 heteroatoms. The van der Waals surface area contributed by atoms with Gasteiger partial charge in [0.1, 0.15) is 0 Å². The smallest absolute Gasteiger partial charge is 0.0398 e. The first kappa shape index (κ1) is 11.1. The van der Waals surface area contributed by atoms with Crippen LogP contribution in [-0.4, -0.2) is 19.6 Å². The Hall–Kier alpha value is -1.02. The lowest BCUT2D eigenvalue weighted by atomic mass is 10.1. The first-order chi connectivity index (χ1) is 6.66. The van der Waals surface area contributed by atoms with Crippen molar-refractivity contribution in [2.24, 2.45) is 5.73 Å². The van der Waals surface area contributed by atoms with E-state index in [1.54, 1.807) is 0 Å². The number of benzene rings is 1. The summed E-state index contributed by atoms with van der Waals surface area (Å²) in [6.07, 6.45) is 0.952. The van der Waals surface area contributed by atoms with Gasteiger partial charge in [-0.15, -0.1) is 0 Å². The molecule has 0 aliphatic rings. The van der Waals surface area contributed by atoms with Gasteiger partial charge in [0.15, 0.2) is 0 Å². The Morgan fingerprint density at radius 3 is 2.50 bits per heavy atom. The maximum atomic E-state index is 5.59. The highest BCUT2D eigenvalue weighted by Crippen LogP contribution is 2.20. The standard InChI is InChI=1S/C12H20N2/c1-10(2)14(3)12-7-5-4-6-11(12)8-9-13/h4-7,10H,8-9,13H2,1-3H3. The fourth-order valence-electron chi connectivity index (χ4n) is 1.50. The Labute approximate surface area is 86.7 Å². The van der Waals surface area contributed by atoms with Crippen molar-refractivity contribution in [1.82, 2.24) is 0 Å². The third-order valence-corrected chi connectivity index (χ3v) is 2.56. The number of para-hydroxylation sites is 1. The minimum Gasteiger partial charge on any atom is -0.372 e. The largest absolute Gasteiger partial charge is 0.372 e. The maximum Gasteiger partial charge on any atom is 0.0398 e. The van der Waals surface area contributed by atoms with Crippen molar-refractivity contribution in [2.75, 3.05) is 18.5 Å². The van der Waals surface area contributed by atoms with E-state index in [4.69, 9.17) is 5.73 Å². The zero-order chi connectivity index (χ0) is 10.6. The van der Waals surface area contributed by atoms with E-state index in [1.807, 2.05) is 0 Å². The number of hydrogen-bond donors (Lipinski definition) is 1. The predicted molar refractivity (Wildman–Crippen MR) is 62.7 cm³/mol. The summed E-state index contributed by atoms with van der Waals surface area (Å²) in [5.41, 5.74) is 8.23. The monoisotopic (exact) mass is 192 g/mol. The van der Waals surface area contributed by atoms with Crippen LogP contribution in [0.4, 0.5) is 5.69 Å². The van der Waals surface area contributed by atoms with E-state index >= 15 is 0 Å². The Morgan fingerprint density at radius 1 is 1.29 bits per heavy atom. The van der Waals surface area contributed by atoms with Gasteiger partial charge in [-0.1, -0.05) is 18.2 Å². The first-order valence-electron chi connectivity index (χ1n) is 5.17. The summed E-state index contributed by atoms with van der Waals surface area (Å²) in [7, 11) is 2.13. The molecule has 2 nitrogen and oxygen atoms in total. The van der Waals surface area contributed by atoms with E-state index in [0.29, 0.717) is 12.6 Å². The summed E-state index contributed by atoms with van der Waals surface area (Å²) in [5, 5.41) is 0. The van der Waals surface area contributed by atoms with Crippen LogP contribution in [0, 0.1) is 0 Å². The second-order valence-corrected chi connectivity index (χ2v) is 3.87. The Balaban J connectivity index is 2.94. The van der Waals surface area contributed by atoms with Gasteiger partial charge < -0.3 is 10.6 Å². The lowest BCUT2D eigenvalue weighted by Crippen LogP contribution is -2.26. The summed E-state index contributed by atoms with van der Waals surface area (Å²) in [4.78, 5) is 2.28. The summed E-state index contributed by atoms with van der Waals surface area (Å²) in [6.45, 7) is 5.10. The van der Waals surface area contributed by atoms with E-state index < -0.39 is 0 Å². The van der Waals surface area contributed by atoms with Crippen molar-refractivity contribution < 1.29 is 0 Å². The van der Waals surface area contributed by atoms with E-state index in [1.165, 1.54) is 11.3 Å². The lowest BCUT2D eigenvalue weighted by molar-refractivity contribution is 0.748. The number of nitrogens with two attached hydrogens (primary N) is 1. The molecular weight excluding hydrogens is 172 g/mol. The average molecular weight is 192 g/mol. The minimum atomic E-state index is 0.522. The zero-order valence-corrected chi connectivity index (χ0v) is 9.33. The van der Waals surface area contributed by atoms with Crippen molar-refractivity contribution in [3.05, 3.63) is 29.8 Å². The molecule has 14 heavy (non-hydrogen) atoms. The predicted octanol–water partition coefficient (Wildman–Crippen LogP) is 2.03. The van der Waals surface area contributed by atoms with Crippen LogP contribution in [0.5, 0.6) is 0 Å². The zero-order valence-electron chi connectivity index (χ0n) is 9.33. The van der Waals surface area contributed by atoms with Gasteiger partial charge in [-0.05, 0) is 38.4 Å². The van der Waals surface area contributed by atoms with Crippen LogP contribution in [0.25, 0.3) is 0 Å². The first-order valence-corrected chi connectivity index (χ1v) is 5.17. The van der Waals surface area contributed by atoms with Crippen LogP contribution in [-0.2, 0) is 6.42 Å². The molecule has 0 fully saturated rings. The number of nitrogens with zero attached hydrogens (tertiary/aromatic N) is 1. The van der Waals surface area contributed by atoms with Gasteiger partial charge in [0.05, 0.1) is 0 Å². The Morgan fingerprint density at radius 2 is 1.93 bits per heavy atom. The molecule has 1 aromatic carbocycles. The average Bonchev–Trinajstić information content (AvgIpc) is 2.18. The van der Waals surface area contributed by atoms with Crippen LogP contribution >= 0.6 is 0 Å². The van der Waals surface area contributed by atoms with Crippen LogP contribution in [0.1, 0.15) is 19.4 Å². The van der Waals surface area contributed by atoms with Gasteiger partial charge in [-0.3, -0.25) is 0 Å². The summed E-state index contributed by atoms with van der Waals surface area (Å²) < 4.78 is 0. The van der Waals surface area contributed by atoms with Gasteiger partial charge in [0.25, 0.3) is 0 Å². The van der Waals surface area contributed by atoms with Gasteiger partial charge >= 0.3 is 0 Å². The molecule has 1 rings (SSSR count). The third-order valence-electron chi connectivity index (χ3n) is 2.56. The molecule has 2 N–H and O–H groups in total. The molecule has 0 unspecified atom stereocenters. The number of hydrogen-bond acceptors (Lipinski definition) is 2. The molecular formula is C12H20N2. The van der Waals surface area contributed by atoms with Crippen LogP contribution < -0.4 is 10.6 Å². The number of anilines is 1. The van der Waals surface area contributed by atoms with Crippen LogP contribution in [0.2, 0.25) is 0 Å². The molecule has 1 aromatic rings. The van der Waals surface area contributed by atoms with Gasteiger partial charge in [0.2, 0.25) is 0 Å². The minimum absolute atomic E-state index is 0.522. The van der Waals surface area contributed by atoms with Crippen LogP contribution in [0.15, 0.2) is 24.3 Å². The lowest BCUT2D eigenvalue weighted by Gasteiger charge is -2.26. The van der Waals surface area contributed by atoms with E-state index in [-0.39, 0.29) is 0 Å². The molecule has 0 radical (unpaired) electrons. The normalized spacial score (nSPS) is 10.6. The summed E-state index contributed by atoms with van der Waals surface area (Å²) in [5.74, 6) is 0. The third kappa shape index (κ3) is 2.48. The van der Waals surface area contributed by atoms with Gasteiger partial charge in [0, 0.05) is 18.8 Å². The fourth-order valence-corrected chi connectivity index (χ4v) is 1.50. The summed E-state index contributed by atoms with van der Waals surface area (Å²) >= 11 is 0. The molecule has 0 aromatic heterocycles. The number of rotatable bonds is 4. The quantitative estimate of drug-likeness (QED) is 0.791. The van der Waals surface area contributed by atoms with Crippen molar-refractivity contribution in [3.63, 3.8) is 0 Å².